The van der Waals surface area contributed by atoms with Gasteiger partial charge in [0.2, 0.25) is 0 Å². The maximum Gasteiger partial charge on any atom is 0.475 e. The lowest BCUT2D eigenvalue weighted by Crippen LogP contribution is -2.33. The zero-order valence-electron chi connectivity index (χ0n) is 25.9. The van der Waals surface area contributed by atoms with Gasteiger partial charge in [-0.3, -0.25) is 27.9 Å². The van der Waals surface area contributed by atoms with Crippen LogP contribution in [0.3, 0.4) is 0 Å². The Kier molecular flexibility index (Phi) is 12.3. The highest BCUT2D eigenvalue weighted by molar-refractivity contribution is 7.48. The average Bonchev–Trinajstić information content (AvgIpc) is 3.47. The van der Waals surface area contributed by atoms with Gasteiger partial charge in [-0.2, -0.15) is 0 Å². The Bertz CT molecular complexity index is 1700. The van der Waals surface area contributed by atoms with Gasteiger partial charge < -0.3 is 14.2 Å². The number of carbonyl (C=O) groups excluding carboxylic acids is 2. The van der Waals surface area contributed by atoms with E-state index < -0.39 is 56.0 Å². The Labute approximate surface area is 268 Å². The second-order valence-electron chi connectivity index (χ2n) is 10.2. The minimum Gasteiger partial charge on any atom is -0.462 e. The van der Waals surface area contributed by atoms with Crippen molar-refractivity contribution in [2.45, 2.75) is 58.8 Å². The number of phosphoric ester groups is 1. The smallest absolute Gasteiger partial charge is 0.462 e. The largest absolute Gasteiger partial charge is 0.475 e. The number of azide groups is 1. The number of aromatic amines is 1. The van der Waals surface area contributed by atoms with Crippen LogP contribution in [0.25, 0.3) is 10.4 Å². The molecule has 1 aromatic heterocycles. The van der Waals surface area contributed by atoms with E-state index in [4.69, 9.17) is 33.3 Å². The van der Waals surface area contributed by atoms with Crippen molar-refractivity contribution in [1.29, 1.82) is 0 Å². The van der Waals surface area contributed by atoms with Crippen LogP contribution < -0.4 is 11.2 Å². The third kappa shape index (κ3) is 9.48. The first kappa shape index (κ1) is 35.3. The summed E-state index contributed by atoms with van der Waals surface area (Å²) in [5.74, 6) is -0.981. The highest BCUT2D eigenvalue weighted by Crippen LogP contribution is 2.51. The normalized spacial score (nSPS) is 17.6. The van der Waals surface area contributed by atoms with E-state index in [2.05, 4.69) is 15.0 Å². The summed E-state index contributed by atoms with van der Waals surface area (Å²) in [4.78, 5) is 53.3. The minimum atomic E-state index is -4.36. The number of nitrogens with zero attached hydrogens (tertiary/aromatic N) is 4. The molecule has 250 valence electrons. The Morgan fingerprint density at radius 2 is 1.49 bits per heavy atom. The first-order valence-corrected chi connectivity index (χ1v) is 16.1. The van der Waals surface area contributed by atoms with Gasteiger partial charge in [0.05, 0.1) is 56.3 Å². The van der Waals surface area contributed by atoms with Crippen molar-refractivity contribution in [3.05, 3.63) is 114 Å². The van der Waals surface area contributed by atoms with Gasteiger partial charge in [0, 0.05) is 23.1 Å². The van der Waals surface area contributed by atoms with E-state index in [0.29, 0.717) is 22.3 Å². The van der Waals surface area contributed by atoms with Crippen molar-refractivity contribution in [1.82, 2.24) is 9.55 Å². The van der Waals surface area contributed by atoms with E-state index in [1.165, 1.54) is 42.0 Å². The van der Waals surface area contributed by atoms with E-state index in [1.54, 1.807) is 38.1 Å². The number of H-pyrrole nitrogens is 1. The summed E-state index contributed by atoms with van der Waals surface area (Å²) in [6.07, 6.45) is -0.489. The zero-order valence-corrected chi connectivity index (χ0v) is 26.8. The Morgan fingerprint density at radius 3 is 1.98 bits per heavy atom. The first-order chi connectivity index (χ1) is 22.6. The Balaban J connectivity index is 1.50. The van der Waals surface area contributed by atoms with Gasteiger partial charge in [-0.05, 0) is 61.7 Å². The molecular formula is C30H34N5O11P. The van der Waals surface area contributed by atoms with Crippen LogP contribution in [0.5, 0.6) is 0 Å². The molecule has 1 aliphatic rings. The lowest BCUT2D eigenvalue weighted by atomic mass is 10.1. The van der Waals surface area contributed by atoms with Gasteiger partial charge in [0.1, 0.15) is 6.23 Å². The lowest BCUT2D eigenvalue weighted by Gasteiger charge is -2.22. The van der Waals surface area contributed by atoms with E-state index in [0.717, 1.165) is 0 Å². The van der Waals surface area contributed by atoms with E-state index in [9.17, 15) is 23.7 Å². The number of hydrogen-bond acceptors (Lipinski definition) is 12. The maximum absolute atomic E-state index is 13.9. The molecule has 17 heteroatoms. The van der Waals surface area contributed by atoms with Crippen molar-refractivity contribution >= 4 is 19.8 Å². The van der Waals surface area contributed by atoms with Crippen LogP contribution in [0.4, 0.5) is 0 Å². The molecule has 1 N–H and O–H groups in total. The molecule has 0 bridgehead atoms. The van der Waals surface area contributed by atoms with Crippen molar-refractivity contribution in [2.75, 3.05) is 19.8 Å². The summed E-state index contributed by atoms with van der Waals surface area (Å²) in [6, 6.07) is 11.7. The molecule has 0 saturated carbocycles. The monoisotopic (exact) mass is 671 g/mol. The molecule has 4 rings (SSSR count). The number of benzene rings is 2. The van der Waals surface area contributed by atoms with Crippen LogP contribution in [-0.4, -0.2) is 53.5 Å². The molecule has 2 heterocycles. The fourth-order valence-electron chi connectivity index (χ4n) is 4.51. The Hall–Kier alpha value is -4.56. The summed E-state index contributed by atoms with van der Waals surface area (Å²) < 4.78 is 48.0. The molecule has 1 fully saturated rings. The van der Waals surface area contributed by atoms with Crippen molar-refractivity contribution in [2.24, 2.45) is 5.11 Å². The first-order valence-electron chi connectivity index (χ1n) is 14.6. The standard InChI is InChI=1S/C30H34N5O11P/c1-4-41-28(37)22-10-6-20(7-11-22)16-43-47(40,44-17-21-8-12-23(13-9-21)29(38)42-5-2)45-18-25-24(33-34-31)14-26(46-25)35-15-19(3)27(36)32-30(35)39/h6-13,15,24-26H,4-5,14,16-18H2,1-3H3,(H,32,36,39)/t24-,25+,26+/m0/s1. The molecule has 3 aromatic rings. The maximum atomic E-state index is 13.9. The van der Waals surface area contributed by atoms with Crippen LogP contribution in [0.15, 0.2) is 69.4 Å². The summed E-state index contributed by atoms with van der Waals surface area (Å²) in [7, 11) is -4.36. The second-order valence-corrected chi connectivity index (χ2v) is 11.9. The number of hydrogen-bond donors (Lipinski definition) is 1. The van der Waals surface area contributed by atoms with Gasteiger partial charge in [0.25, 0.3) is 5.56 Å². The molecule has 1 aliphatic heterocycles. The van der Waals surface area contributed by atoms with E-state index in [-0.39, 0.29) is 38.4 Å². The molecule has 0 amide bonds. The van der Waals surface area contributed by atoms with Gasteiger partial charge in [0.15, 0.2) is 0 Å². The molecule has 0 unspecified atom stereocenters. The SMILES string of the molecule is CCOC(=O)c1ccc(COP(=O)(OCc2ccc(C(=O)OCC)cc2)OC[C@H]2O[C@@H](n3cc(C)c(=O)[nH]c3=O)C[C@@H]2N=[N+]=[N-])cc1. The summed E-state index contributed by atoms with van der Waals surface area (Å²) in [5.41, 5.74) is 9.88. The minimum absolute atomic E-state index is 0.0646. The topological polar surface area (TPSA) is 210 Å². The summed E-state index contributed by atoms with van der Waals surface area (Å²) in [6.45, 7) is 4.48. The van der Waals surface area contributed by atoms with Crippen molar-refractivity contribution in [3.63, 3.8) is 0 Å². The van der Waals surface area contributed by atoms with Gasteiger partial charge in [-0.25, -0.2) is 18.9 Å². The predicted octanol–water partition coefficient (Wildman–Crippen LogP) is 4.72. The predicted molar refractivity (Wildman–Crippen MR) is 165 cm³/mol. The summed E-state index contributed by atoms with van der Waals surface area (Å²) in [5, 5.41) is 3.75. The fourth-order valence-corrected chi connectivity index (χ4v) is 5.68. The molecular weight excluding hydrogens is 637 g/mol. The fraction of sp³-hybridized carbons (Fsp3) is 0.400. The number of phosphoric acid groups is 1. The number of rotatable bonds is 15. The third-order valence-electron chi connectivity index (χ3n) is 6.97. The van der Waals surface area contributed by atoms with Crippen LogP contribution in [0.2, 0.25) is 0 Å². The number of ether oxygens (including phenoxy) is 3. The number of esters is 2. The van der Waals surface area contributed by atoms with Gasteiger partial charge in [-0.15, -0.1) is 0 Å². The number of carbonyl (C=O) groups is 2. The molecule has 47 heavy (non-hydrogen) atoms. The third-order valence-corrected chi connectivity index (χ3v) is 8.32. The lowest BCUT2D eigenvalue weighted by molar-refractivity contribution is -0.0311. The molecule has 0 aliphatic carbocycles. The van der Waals surface area contributed by atoms with Crippen molar-refractivity contribution < 1.29 is 41.9 Å². The summed E-state index contributed by atoms with van der Waals surface area (Å²) >= 11 is 0. The number of aryl methyl sites for hydroxylation is 1. The molecule has 16 nitrogen and oxygen atoms in total. The molecule has 0 radical (unpaired) electrons. The van der Waals surface area contributed by atoms with Crippen LogP contribution in [0.1, 0.15) is 63.9 Å². The number of nitrogens with one attached hydrogen (secondary N) is 1. The van der Waals surface area contributed by atoms with E-state index >= 15 is 0 Å². The molecule has 0 spiro atoms. The second kappa shape index (κ2) is 16.3. The molecule has 1 saturated heterocycles. The quantitative estimate of drug-likeness (QED) is 0.0768. The van der Waals surface area contributed by atoms with Gasteiger partial charge in [-0.1, -0.05) is 29.4 Å². The van der Waals surface area contributed by atoms with E-state index in [1.807, 2.05) is 0 Å². The van der Waals surface area contributed by atoms with Crippen molar-refractivity contribution in [3.8, 4) is 0 Å². The highest BCUT2D eigenvalue weighted by atomic mass is 31.2. The zero-order chi connectivity index (χ0) is 34.0. The van der Waals surface area contributed by atoms with Crippen LogP contribution in [-0.2, 0) is 45.6 Å². The van der Waals surface area contributed by atoms with Gasteiger partial charge >= 0.3 is 25.5 Å². The van der Waals surface area contributed by atoms with Crippen LogP contribution >= 0.6 is 7.82 Å². The highest BCUT2D eigenvalue weighted by Gasteiger charge is 2.39. The van der Waals surface area contributed by atoms with Crippen LogP contribution in [0, 0.1) is 6.92 Å². The number of aromatic nitrogens is 2. The molecule has 3 atom stereocenters. The molecule has 2 aromatic carbocycles. The average molecular weight is 672 g/mol. The Morgan fingerprint density at radius 1 is 0.957 bits per heavy atom.